The van der Waals surface area contributed by atoms with Gasteiger partial charge in [-0.15, -0.1) is 23.2 Å². The van der Waals surface area contributed by atoms with Crippen molar-refractivity contribution in [3.63, 3.8) is 0 Å². The van der Waals surface area contributed by atoms with Crippen LogP contribution in [-0.2, 0) is 9.59 Å². The first kappa shape index (κ1) is 35.8. The average Bonchev–Trinajstić information content (AvgIpc) is 3.50. The fraction of sp³-hybridized carbons (Fsp3) is 0.222. The van der Waals surface area contributed by atoms with Gasteiger partial charge in [-0.2, -0.15) is 26.3 Å². The second kappa shape index (κ2) is 12.9. The number of alkyl halides is 8. The standard InChI is InChI=1S/C27H14Cl5F8N3O3/c28-12-4-2-10(41-23(45)18-17(25(18,31)32)9-1-3-13(29)14(30)7-9)8-11(12)22(44)42-16-6-5-15(33)20(19(16)34)43-24(46)21(26(35,36)37)27(38,39)40/h1-8,17-18,21H,(H,41,45)(H,42,44)(H,43,46)/t17-,18+/m0/s1. The van der Waals surface area contributed by atoms with Gasteiger partial charge in [0.25, 0.3) is 5.91 Å². The van der Waals surface area contributed by atoms with Crippen molar-refractivity contribution in [2.75, 3.05) is 16.0 Å². The molecule has 6 nitrogen and oxygen atoms in total. The Kier molecular flexibility index (Phi) is 10.0. The van der Waals surface area contributed by atoms with Gasteiger partial charge in [0.15, 0.2) is 5.82 Å². The second-order valence-corrected chi connectivity index (χ2v) is 12.4. The molecule has 0 radical (unpaired) electrons. The van der Waals surface area contributed by atoms with E-state index in [1.165, 1.54) is 18.2 Å². The maximum absolute atomic E-state index is 15.0. The summed E-state index contributed by atoms with van der Waals surface area (Å²) < 4.78 is 105. The largest absolute Gasteiger partial charge is 0.409 e. The fourth-order valence-electron chi connectivity index (χ4n) is 4.40. The molecule has 3 N–H and O–H groups in total. The zero-order valence-electron chi connectivity index (χ0n) is 22.0. The molecule has 0 bridgehead atoms. The van der Waals surface area contributed by atoms with Gasteiger partial charge in [-0.1, -0.05) is 40.9 Å². The normalized spacial score (nSPS) is 17.4. The number of halogens is 13. The van der Waals surface area contributed by atoms with Crippen LogP contribution in [0.3, 0.4) is 0 Å². The number of hydrogen-bond donors (Lipinski definition) is 3. The van der Waals surface area contributed by atoms with Gasteiger partial charge >= 0.3 is 12.4 Å². The molecule has 1 saturated carbocycles. The van der Waals surface area contributed by atoms with E-state index in [9.17, 15) is 45.1 Å². The lowest BCUT2D eigenvalue weighted by molar-refractivity contribution is -0.272. The van der Waals surface area contributed by atoms with Crippen molar-refractivity contribution in [3.05, 3.63) is 86.4 Å². The highest BCUT2D eigenvalue weighted by atomic mass is 35.5. The van der Waals surface area contributed by atoms with Crippen molar-refractivity contribution in [1.82, 2.24) is 0 Å². The predicted molar refractivity (Wildman–Crippen MR) is 156 cm³/mol. The zero-order chi connectivity index (χ0) is 34.5. The molecule has 3 amide bonds. The van der Waals surface area contributed by atoms with Crippen LogP contribution in [0, 0.1) is 23.5 Å². The Hall–Kier alpha value is -3.04. The van der Waals surface area contributed by atoms with Crippen molar-refractivity contribution in [1.29, 1.82) is 0 Å². The van der Waals surface area contributed by atoms with Crippen LogP contribution in [0.4, 0.5) is 52.2 Å². The van der Waals surface area contributed by atoms with Crippen LogP contribution < -0.4 is 16.0 Å². The van der Waals surface area contributed by atoms with Crippen LogP contribution in [0.5, 0.6) is 0 Å². The van der Waals surface area contributed by atoms with Crippen LogP contribution in [-0.4, -0.2) is 34.4 Å². The number of rotatable bonds is 7. The molecule has 0 aromatic heterocycles. The van der Waals surface area contributed by atoms with Crippen molar-refractivity contribution < 1.29 is 49.5 Å². The first-order valence-electron chi connectivity index (χ1n) is 12.3. The van der Waals surface area contributed by atoms with E-state index in [2.05, 4.69) is 5.32 Å². The topological polar surface area (TPSA) is 87.3 Å². The molecule has 3 aromatic rings. The van der Waals surface area contributed by atoms with E-state index in [4.69, 9.17) is 58.0 Å². The summed E-state index contributed by atoms with van der Waals surface area (Å²) in [6, 6.07) is 8.98. The van der Waals surface area contributed by atoms with Crippen molar-refractivity contribution in [2.45, 2.75) is 22.6 Å². The molecule has 1 aliphatic carbocycles. The van der Waals surface area contributed by atoms with Crippen LogP contribution in [0.2, 0.25) is 15.1 Å². The minimum Gasteiger partial charge on any atom is -0.326 e. The first-order chi connectivity index (χ1) is 21.1. The van der Waals surface area contributed by atoms with E-state index in [0.29, 0.717) is 17.7 Å². The zero-order valence-corrected chi connectivity index (χ0v) is 25.8. The Labute approximate surface area is 278 Å². The number of carbonyl (C=O) groups is 3. The molecule has 19 heteroatoms. The van der Waals surface area contributed by atoms with Crippen LogP contribution in [0.25, 0.3) is 0 Å². The third kappa shape index (κ3) is 7.41. The maximum Gasteiger partial charge on any atom is 0.409 e. The molecule has 0 aliphatic heterocycles. The molecule has 4 rings (SSSR count). The van der Waals surface area contributed by atoms with Crippen molar-refractivity contribution in [3.8, 4) is 0 Å². The molecular formula is C27H14Cl5F8N3O3. The van der Waals surface area contributed by atoms with Gasteiger partial charge in [0.05, 0.1) is 32.2 Å². The van der Waals surface area contributed by atoms with Crippen molar-refractivity contribution in [2.24, 2.45) is 11.8 Å². The number of benzene rings is 3. The summed E-state index contributed by atoms with van der Waals surface area (Å²) in [7, 11) is 0. The second-order valence-electron chi connectivity index (χ2n) is 9.73. The average molecular weight is 758 g/mol. The third-order valence-corrected chi connectivity index (χ3v) is 8.63. The summed E-state index contributed by atoms with van der Waals surface area (Å²) in [5, 5.41) is 5.56. The number of carbonyl (C=O) groups excluding carboxylic acids is 3. The quantitative estimate of drug-likeness (QED) is 0.166. The molecule has 246 valence electrons. The molecule has 0 heterocycles. The van der Waals surface area contributed by atoms with Crippen LogP contribution >= 0.6 is 58.0 Å². The smallest absolute Gasteiger partial charge is 0.326 e. The van der Waals surface area contributed by atoms with Crippen LogP contribution in [0.15, 0.2) is 48.5 Å². The molecule has 2 atom stereocenters. The van der Waals surface area contributed by atoms with Gasteiger partial charge < -0.3 is 16.0 Å². The summed E-state index contributed by atoms with van der Waals surface area (Å²) in [5.41, 5.74) is -2.58. The summed E-state index contributed by atoms with van der Waals surface area (Å²) in [6.07, 6.45) is -12.3. The van der Waals surface area contributed by atoms with E-state index in [1.54, 1.807) is 6.07 Å². The SMILES string of the molecule is O=C(Nc1ccc(F)c(NC(=O)C(C(F)(F)F)C(F)(F)F)c1F)c1cc(NC(=O)[C@H]2[C@H](c3ccc(Cl)c(Cl)c3)C2(Cl)Cl)ccc1Cl. The Balaban J connectivity index is 1.53. The minimum atomic E-state index is -6.14. The number of nitrogens with one attached hydrogen (secondary N) is 3. The van der Waals surface area contributed by atoms with Gasteiger partial charge in [-0.3, -0.25) is 14.4 Å². The van der Waals surface area contributed by atoms with Gasteiger partial charge in [-0.25, -0.2) is 8.78 Å². The van der Waals surface area contributed by atoms with Gasteiger partial charge in [0.2, 0.25) is 17.7 Å². The highest BCUT2D eigenvalue weighted by Crippen LogP contribution is 2.65. The van der Waals surface area contributed by atoms with Crippen LogP contribution in [0.1, 0.15) is 21.8 Å². The summed E-state index contributed by atoms with van der Waals surface area (Å²) in [5.74, 6) is -14.7. The number of hydrogen-bond acceptors (Lipinski definition) is 3. The van der Waals surface area contributed by atoms with E-state index in [-0.39, 0.29) is 20.8 Å². The first-order valence-corrected chi connectivity index (χ1v) is 14.2. The van der Waals surface area contributed by atoms with Gasteiger partial charge in [0.1, 0.15) is 15.8 Å². The molecule has 1 aliphatic rings. The van der Waals surface area contributed by atoms with Gasteiger partial charge in [0, 0.05) is 11.6 Å². The molecule has 0 unspecified atom stereocenters. The van der Waals surface area contributed by atoms with E-state index >= 15 is 4.39 Å². The lowest BCUT2D eigenvalue weighted by Gasteiger charge is -2.22. The Morgan fingerprint density at radius 2 is 1.37 bits per heavy atom. The maximum atomic E-state index is 15.0. The molecule has 3 aromatic carbocycles. The molecule has 1 fully saturated rings. The van der Waals surface area contributed by atoms with Crippen molar-refractivity contribution >= 4 is 92.8 Å². The molecule has 46 heavy (non-hydrogen) atoms. The lowest BCUT2D eigenvalue weighted by Crippen LogP contribution is -2.45. The summed E-state index contributed by atoms with van der Waals surface area (Å²) in [4.78, 5) is 37.8. The number of amides is 3. The fourth-order valence-corrected chi connectivity index (χ4v) is 5.74. The molecular weight excluding hydrogens is 744 g/mol. The summed E-state index contributed by atoms with van der Waals surface area (Å²) in [6.45, 7) is 0. The van der Waals surface area contributed by atoms with Gasteiger partial charge in [-0.05, 0) is 48.0 Å². The Morgan fingerprint density at radius 1 is 0.761 bits per heavy atom. The monoisotopic (exact) mass is 755 g/mol. The highest BCUT2D eigenvalue weighted by molar-refractivity contribution is 6.53. The minimum absolute atomic E-state index is 0.0265. The summed E-state index contributed by atoms with van der Waals surface area (Å²) >= 11 is 30.7. The highest BCUT2D eigenvalue weighted by Gasteiger charge is 2.67. The third-order valence-electron chi connectivity index (χ3n) is 6.62. The predicted octanol–water partition coefficient (Wildman–Crippen LogP) is 9.38. The van der Waals surface area contributed by atoms with E-state index in [1.807, 2.05) is 5.32 Å². The van der Waals surface area contributed by atoms with E-state index < -0.39 is 80.7 Å². The Morgan fingerprint density at radius 3 is 1.96 bits per heavy atom. The number of anilines is 3. The molecule has 0 spiro atoms. The Bertz CT molecular complexity index is 1720. The molecule has 0 saturated heterocycles. The lowest BCUT2D eigenvalue weighted by atomic mass is 10.1. The van der Waals surface area contributed by atoms with E-state index in [0.717, 1.165) is 17.4 Å².